The predicted octanol–water partition coefficient (Wildman–Crippen LogP) is 6.69. The second-order valence-corrected chi connectivity index (χ2v) is 15.9. The van der Waals surface area contributed by atoms with E-state index in [1.807, 2.05) is 55.3 Å². The molecule has 4 heterocycles. The maximum atomic E-state index is 13.3. The number of aromatic nitrogens is 3. The number of nitrogens with zero attached hydrogens (tertiary/aromatic N) is 4. The number of imide groups is 2. The van der Waals surface area contributed by atoms with E-state index in [-0.39, 0.29) is 24.0 Å². The third kappa shape index (κ3) is 8.84. The number of aldehydes is 1. The minimum atomic E-state index is -1.02. The molecule has 320 valence electrons. The number of hydrogen-bond donors (Lipinski definition) is 2. The molecule has 2 aromatic heterocycles. The van der Waals surface area contributed by atoms with Crippen LogP contribution in [0.2, 0.25) is 5.02 Å². The highest BCUT2D eigenvalue weighted by atomic mass is 35.5. The Labute approximate surface area is 359 Å². The average Bonchev–Trinajstić information content (AvgIpc) is 3.79. The first kappa shape index (κ1) is 43.3. The van der Waals surface area contributed by atoms with E-state index in [4.69, 9.17) is 30.9 Å². The van der Waals surface area contributed by atoms with Crippen molar-refractivity contribution in [3.05, 3.63) is 98.5 Å². The normalized spacial score (nSPS) is 15.2. The van der Waals surface area contributed by atoms with Crippen LogP contribution < -0.4 is 15.4 Å². The Bertz CT molecular complexity index is 2500. The van der Waals surface area contributed by atoms with Gasteiger partial charge in [0.05, 0.1) is 54.5 Å². The minimum absolute atomic E-state index is 0.0609. The highest BCUT2D eigenvalue weighted by molar-refractivity contribution is 6.32. The molecule has 1 atom stereocenters. The average molecular weight is 851 g/mol. The Morgan fingerprint density at radius 2 is 1.61 bits per heavy atom. The summed E-state index contributed by atoms with van der Waals surface area (Å²) in [5.41, 5.74) is 9.58. The molecule has 0 spiro atoms. The Kier molecular flexibility index (Phi) is 13.4. The van der Waals surface area contributed by atoms with Crippen LogP contribution in [0.3, 0.4) is 0 Å². The molecule has 2 aliphatic heterocycles. The summed E-state index contributed by atoms with van der Waals surface area (Å²) in [6.45, 7) is 11.2. The summed E-state index contributed by atoms with van der Waals surface area (Å²) < 4.78 is 21.7. The van der Waals surface area contributed by atoms with E-state index in [0.29, 0.717) is 63.9 Å². The fourth-order valence-electron chi connectivity index (χ4n) is 8.52. The standard InChI is InChI=1S/C46H51ClN6O8/c1-27-24-31(25-28(2)42(27)47)61-20-8-13-32-33-10-6-11-34(43(33)51(5)38(32)26-54)40-29(3)50-52(30(40)4)18-9-19-59-22-23-60-21-17-48-36-14-7-12-35-41(36)46(58)53(45(35)57)37-15-16-39(55)49-44(37)56/h6-7,10-12,14,24-26,37,48H,8-9,13,15-23H2,1-5H3,(H,49,55,56). The predicted molar refractivity (Wildman–Crippen MR) is 232 cm³/mol. The molecule has 1 unspecified atom stereocenters. The number of rotatable bonds is 19. The van der Waals surface area contributed by atoms with E-state index in [0.717, 1.165) is 84.9 Å². The molecule has 1 saturated heterocycles. The van der Waals surface area contributed by atoms with E-state index < -0.39 is 29.7 Å². The molecule has 0 radical (unpaired) electrons. The van der Waals surface area contributed by atoms with Crippen molar-refractivity contribution in [2.45, 2.75) is 72.4 Å². The Balaban J connectivity index is 0.871. The van der Waals surface area contributed by atoms with Gasteiger partial charge in [-0.25, -0.2) is 0 Å². The zero-order valence-electron chi connectivity index (χ0n) is 35.2. The lowest BCUT2D eigenvalue weighted by Gasteiger charge is -2.27. The summed E-state index contributed by atoms with van der Waals surface area (Å²) in [5.74, 6) is -1.38. The first-order valence-corrected chi connectivity index (χ1v) is 21.0. The zero-order valence-corrected chi connectivity index (χ0v) is 35.9. The Hall–Kier alpha value is -5.83. The van der Waals surface area contributed by atoms with E-state index in [9.17, 15) is 24.0 Å². The summed E-state index contributed by atoms with van der Waals surface area (Å²) in [6.07, 6.45) is 3.28. The van der Waals surface area contributed by atoms with Crippen LogP contribution in [0.25, 0.3) is 22.0 Å². The number of halogens is 1. The number of carbonyl (C=O) groups excluding carboxylic acids is 5. The van der Waals surface area contributed by atoms with Crippen LogP contribution >= 0.6 is 11.6 Å². The molecular weight excluding hydrogens is 800 g/mol. The first-order chi connectivity index (χ1) is 29.4. The number of amides is 4. The van der Waals surface area contributed by atoms with Gasteiger partial charge < -0.3 is 24.1 Å². The van der Waals surface area contributed by atoms with Crippen LogP contribution in [-0.2, 0) is 39.1 Å². The van der Waals surface area contributed by atoms with Crippen molar-refractivity contribution in [1.82, 2.24) is 24.6 Å². The second kappa shape index (κ2) is 18.8. The SMILES string of the molecule is Cc1cc(OCCCc2c(C=O)n(C)c3c(-c4c(C)nn(CCCOCCOCCNc5cccc6c5C(=O)N(C5CCC(=O)NC5=O)C6=O)c4C)cccc23)cc(C)c1Cl. The molecule has 0 aliphatic carbocycles. The molecule has 7 rings (SSSR count). The number of benzene rings is 3. The van der Waals surface area contributed by atoms with E-state index in [2.05, 4.69) is 29.7 Å². The highest BCUT2D eigenvalue weighted by Gasteiger charge is 2.45. The molecule has 2 N–H and O–H groups in total. The van der Waals surface area contributed by atoms with Crippen LogP contribution in [0, 0.1) is 27.7 Å². The van der Waals surface area contributed by atoms with Gasteiger partial charge >= 0.3 is 0 Å². The second-order valence-electron chi connectivity index (χ2n) is 15.5. The van der Waals surface area contributed by atoms with Crippen molar-refractivity contribution < 1.29 is 38.2 Å². The summed E-state index contributed by atoms with van der Waals surface area (Å²) >= 11 is 6.33. The lowest BCUT2D eigenvalue weighted by Crippen LogP contribution is -2.54. The molecule has 14 nitrogen and oxygen atoms in total. The number of para-hydroxylation sites is 1. The first-order valence-electron chi connectivity index (χ1n) is 20.6. The van der Waals surface area contributed by atoms with Gasteiger partial charge in [0.1, 0.15) is 11.8 Å². The number of nitrogens with one attached hydrogen (secondary N) is 2. The van der Waals surface area contributed by atoms with Crippen molar-refractivity contribution in [1.29, 1.82) is 0 Å². The monoisotopic (exact) mass is 850 g/mol. The van der Waals surface area contributed by atoms with Gasteiger partial charge in [-0.3, -0.25) is 38.9 Å². The van der Waals surface area contributed by atoms with Crippen molar-refractivity contribution in [3.8, 4) is 16.9 Å². The maximum absolute atomic E-state index is 13.3. The Morgan fingerprint density at radius 3 is 2.34 bits per heavy atom. The van der Waals surface area contributed by atoms with Crippen LogP contribution in [0.15, 0.2) is 48.5 Å². The van der Waals surface area contributed by atoms with E-state index in [1.54, 1.807) is 18.2 Å². The molecule has 15 heteroatoms. The van der Waals surface area contributed by atoms with Gasteiger partial charge in [0.2, 0.25) is 11.8 Å². The minimum Gasteiger partial charge on any atom is -0.494 e. The van der Waals surface area contributed by atoms with Gasteiger partial charge in [-0.2, -0.15) is 5.10 Å². The number of anilines is 1. The number of hydrogen-bond acceptors (Lipinski definition) is 10. The quantitative estimate of drug-likeness (QED) is 0.0520. The van der Waals surface area contributed by atoms with Gasteiger partial charge in [0, 0.05) is 66.1 Å². The summed E-state index contributed by atoms with van der Waals surface area (Å²) in [6, 6.07) is 14.1. The lowest BCUT2D eigenvalue weighted by molar-refractivity contribution is -0.136. The fraction of sp³-hybridized carbons (Fsp3) is 0.391. The largest absolute Gasteiger partial charge is 0.494 e. The molecule has 61 heavy (non-hydrogen) atoms. The molecule has 3 aromatic carbocycles. The smallest absolute Gasteiger partial charge is 0.264 e. The maximum Gasteiger partial charge on any atom is 0.264 e. The molecule has 4 amide bonds. The number of piperidine rings is 1. The molecule has 0 saturated carbocycles. The molecule has 2 aliphatic rings. The summed E-state index contributed by atoms with van der Waals surface area (Å²) in [5, 5.41) is 12.1. The summed E-state index contributed by atoms with van der Waals surface area (Å²) in [4.78, 5) is 63.8. The van der Waals surface area contributed by atoms with Crippen LogP contribution in [0.4, 0.5) is 5.69 Å². The van der Waals surface area contributed by atoms with Gasteiger partial charge in [-0.15, -0.1) is 0 Å². The fourth-order valence-corrected chi connectivity index (χ4v) is 8.62. The highest BCUT2D eigenvalue weighted by Crippen LogP contribution is 2.37. The van der Waals surface area contributed by atoms with Gasteiger partial charge in [0.25, 0.3) is 11.8 Å². The number of carbonyl (C=O) groups is 5. The van der Waals surface area contributed by atoms with Crippen molar-refractivity contribution in [3.63, 3.8) is 0 Å². The molecule has 1 fully saturated rings. The Morgan fingerprint density at radius 1 is 0.885 bits per heavy atom. The van der Waals surface area contributed by atoms with Crippen molar-refractivity contribution in [2.24, 2.45) is 7.05 Å². The zero-order chi connectivity index (χ0) is 43.4. The van der Waals surface area contributed by atoms with Crippen LogP contribution in [0.5, 0.6) is 5.75 Å². The summed E-state index contributed by atoms with van der Waals surface area (Å²) in [7, 11) is 1.95. The molecule has 5 aromatic rings. The van der Waals surface area contributed by atoms with Gasteiger partial charge in [0.15, 0.2) is 6.29 Å². The van der Waals surface area contributed by atoms with E-state index >= 15 is 0 Å². The number of aryl methyl sites for hydroxylation is 6. The third-order valence-electron chi connectivity index (χ3n) is 11.4. The van der Waals surface area contributed by atoms with Crippen molar-refractivity contribution >= 4 is 58.1 Å². The van der Waals surface area contributed by atoms with Gasteiger partial charge in [-0.05, 0) is 94.3 Å². The lowest BCUT2D eigenvalue weighted by atomic mass is 9.98. The number of fused-ring (bicyclic) bond motifs is 2. The topological polar surface area (TPSA) is 163 Å². The molecule has 0 bridgehead atoms. The van der Waals surface area contributed by atoms with Crippen molar-refractivity contribution in [2.75, 3.05) is 44.9 Å². The third-order valence-corrected chi connectivity index (χ3v) is 12.0. The number of ether oxygens (including phenoxy) is 3. The van der Waals surface area contributed by atoms with E-state index in [1.165, 1.54) is 0 Å². The van der Waals surface area contributed by atoms with Gasteiger partial charge in [-0.1, -0.05) is 35.9 Å². The molecular formula is C46H51ClN6O8. The van der Waals surface area contributed by atoms with Crippen LogP contribution in [0.1, 0.15) is 85.0 Å². The van der Waals surface area contributed by atoms with Crippen LogP contribution in [-0.4, -0.2) is 94.8 Å².